The fourth-order valence-electron chi connectivity index (χ4n) is 3.56. The largest absolute Gasteiger partial charge is 0.375 e. The van der Waals surface area contributed by atoms with Gasteiger partial charge in [0.25, 0.3) is 0 Å². The summed E-state index contributed by atoms with van der Waals surface area (Å²) < 4.78 is 5.88. The molecular weight excluding hydrogens is 236 g/mol. The zero-order valence-electron chi connectivity index (χ0n) is 11.5. The van der Waals surface area contributed by atoms with Crippen LogP contribution in [0.25, 0.3) is 0 Å². The Morgan fingerprint density at radius 2 is 2.11 bits per heavy atom. The van der Waals surface area contributed by atoms with Gasteiger partial charge in [-0.3, -0.25) is 4.90 Å². The molecule has 1 saturated carbocycles. The highest BCUT2D eigenvalue weighted by molar-refractivity contribution is 5.20. The highest BCUT2D eigenvalue weighted by Gasteiger charge is 2.36. The maximum Gasteiger partial charge on any atom is 0.0730 e. The molecule has 0 spiro atoms. The highest BCUT2D eigenvalue weighted by Crippen LogP contribution is 2.31. The van der Waals surface area contributed by atoms with Gasteiger partial charge in [-0.15, -0.1) is 0 Å². The Kier molecular flexibility index (Phi) is 4.16. The molecule has 19 heavy (non-hydrogen) atoms. The number of hydrogen-bond donors (Lipinski definition) is 1. The number of morpholine rings is 1. The van der Waals surface area contributed by atoms with Gasteiger partial charge in [0.1, 0.15) is 0 Å². The SMILES string of the molecule is NCC(CN1CCOC2CCCC21)c1ccccc1. The molecule has 1 aliphatic heterocycles. The van der Waals surface area contributed by atoms with E-state index in [1.165, 1.54) is 24.8 Å². The van der Waals surface area contributed by atoms with Crippen LogP contribution in [0.1, 0.15) is 30.7 Å². The molecule has 3 atom stereocenters. The summed E-state index contributed by atoms with van der Waals surface area (Å²) in [5.41, 5.74) is 7.37. The van der Waals surface area contributed by atoms with Crippen LogP contribution in [-0.2, 0) is 4.74 Å². The third kappa shape index (κ3) is 2.83. The normalized spacial score (nSPS) is 29.1. The molecule has 3 rings (SSSR count). The van der Waals surface area contributed by atoms with Crippen LogP contribution in [0.2, 0.25) is 0 Å². The molecule has 1 saturated heterocycles. The van der Waals surface area contributed by atoms with Crippen molar-refractivity contribution in [1.29, 1.82) is 0 Å². The van der Waals surface area contributed by atoms with Crippen molar-refractivity contribution in [2.24, 2.45) is 5.73 Å². The highest BCUT2D eigenvalue weighted by atomic mass is 16.5. The monoisotopic (exact) mass is 260 g/mol. The van der Waals surface area contributed by atoms with Gasteiger partial charge in [-0.05, 0) is 24.8 Å². The molecule has 2 fully saturated rings. The van der Waals surface area contributed by atoms with Crippen molar-refractivity contribution in [1.82, 2.24) is 4.90 Å². The minimum Gasteiger partial charge on any atom is -0.375 e. The lowest BCUT2D eigenvalue weighted by molar-refractivity contribution is -0.0571. The molecule has 3 heteroatoms. The summed E-state index contributed by atoms with van der Waals surface area (Å²) in [4.78, 5) is 2.62. The number of hydrogen-bond acceptors (Lipinski definition) is 3. The van der Waals surface area contributed by atoms with E-state index in [1.54, 1.807) is 0 Å². The van der Waals surface area contributed by atoms with Crippen LogP contribution in [0.5, 0.6) is 0 Å². The quantitative estimate of drug-likeness (QED) is 0.899. The first-order chi connectivity index (χ1) is 9.38. The topological polar surface area (TPSA) is 38.5 Å². The molecule has 1 aromatic carbocycles. The van der Waals surface area contributed by atoms with E-state index in [9.17, 15) is 0 Å². The second-order valence-corrected chi connectivity index (χ2v) is 5.75. The summed E-state index contributed by atoms with van der Waals surface area (Å²) in [6, 6.07) is 11.3. The summed E-state index contributed by atoms with van der Waals surface area (Å²) in [6.07, 6.45) is 4.31. The molecule has 0 aromatic heterocycles. The minimum absolute atomic E-state index is 0.445. The van der Waals surface area contributed by atoms with E-state index in [0.29, 0.717) is 18.1 Å². The molecule has 1 heterocycles. The molecule has 3 unspecified atom stereocenters. The van der Waals surface area contributed by atoms with Crippen molar-refractivity contribution in [2.75, 3.05) is 26.2 Å². The Bertz CT molecular complexity index is 395. The van der Waals surface area contributed by atoms with E-state index in [0.717, 1.165) is 26.2 Å². The predicted molar refractivity (Wildman–Crippen MR) is 77.2 cm³/mol. The van der Waals surface area contributed by atoms with Crippen LogP contribution < -0.4 is 5.73 Å². The standard InChI is InChI=1S/C16H24N2O/c17-11-14(13-5-2-1-3-6-13)12-18-9-10-19-16-8-4-7-15(16)18/h1-3,5-6,14-16H,4,7-12,17H2. The molecule has 3 nitrogen and oxygen atoms in total. The van der Waals surface area contributed by atoms with Crippen LogP contribution in [0.4, 0.5) is 0 Å². The Morgan fingerprint density at radius 1 is 1.26 bits per heavy atom. The molecule has 0 amide bonds. The van der Waals surface area contributed by atoms with Gasteiger partial charge >= 0.3 is 0 Å². The smallest absolute Gasteiger partial charge is 0.0730 e. The first-order valence-corrected chi connectivity index (χ1v) is 7.49. The number of nitrogens with zero attached hydrogens (tertiary/aromatic N) is 1. The molecule has 1 aliphatic carbocycles. The molecular formula is C16H24N2O. The van der Waals surface area contributed by atoms with Gasteiger partial charge in [-0.25, -0.2) is 0 Å². The van der Waals surface area contributed by atoms with E-state index in [2.05, 4.69) is 35.2 Å². The number of ether oxygens (including phenoxy) is 1. The maximum atomic E-state index is 6.00. The van der Waals surface area contributed by atoms with Crippen LogP contribution in [0, 0.1) is 0 Å². The van der Waals surface area contributed by atoms with Gasteiger partial charge < -0.3 is 10.5 Å². The Morgan fingerprint density at radius 3 is 2.89 bits per heavy atom. The van der Waals surface area contributed by atoms with E-state index in [1.807, 2.05) is 0 Å². The number of benzene rings is 1. The molecule has 2 aliphatic rings. The first-order valence-electron chi connectivity index (χ1n) is 7.49. The summed E-state index contributed by atoms with van der Waals surface area (Å²) >= 11 is 0. The van der Waals surface area contributed by atoms with Crippen LogP contribution in [0.15, 0.2) is 30.3 Å². The van der Waals surface area contributed by atoms with Gasteiger partial charge in [0, 0.05) is 31.6 Å². The van der Waals surface area contributed by atoms with Gasteiger partial charge in [0.15, 0.2) is 0 Å². The first kappa shape index (κ1) is 13.1. The van der Waals surface area contributed by atoms with Crippen molar-refractivity contribution in [3.63, 3.8) is 0 Å². The van der Waals surface area contributed by atoms with Gasteiger partial charge in [0.2, 0.25) is 0 Å². The summed E-state index contributed by atoms with van der Waals surface area (Å²) in [7, 11) is 0. The zero-order chi connectivity index (χ0) is 13.1. The van der Waals surface area contributed by atoms with Crippen molar-refractivity contribution in [3.05, 3.63) is 35.9 Å². The Labute approximate surface area is 115 Å². The van der Waals surface area contributed by atoms with E-state index in [4.69, 9.17) is 10.5 Å². The average molecular weight is 260 g/mol. The maximum absolute atomic E-state index is 6.00. The van der Waals surface area contributed by atoms with E-state index < -0.39 is 0 Å². The number of nitrogens with two attached hydrogens (primary N) is 1. The van der Waals surface area contributed by atoms with Crippen LogP contribution in [-0.4, -0.2) is 43.3 Å². The summed E-state index contributed by atoms with van der Waals surface area (Å²) in [6.45, 7) is 3.74. The fourth-order valence-corrected chi connectivity index (χ4v) is 3.56. The molecule has 104 valence electrons. The second-order valence-electron chi connectivity index (χ2n) is 5.75. The number of fused-ring (bicyclic) bond motifs is 1. The van der Waals surface area contributed by atoms with Gasteiger partial charge in [-0.1, -0.05) is 30.3 Å². The van der Waals surface area contributed by atoms with Crippen molar-refractivity contribution < 1.29 is 4.74 Å². The second kappa shape index (κ2) is 6.04. The van der Waals surface area contributed by atoms with Crippen molar-refractivity contribution >= 4 is 0 Å². The van der Waals surface area contributed by atoms with E-state index in [-0.39, 0.29) is 0 Å². The molecule has 1 aromatic rings. The molecule has 0 radical (unpaired) electrons. The lowest BCUT2D eigenvalue weighted by Crippen LogP contribution is -2.50. The molecule has 0 bridgehead atoms. The third-order valence-electron chi connectivity index (χ3n) is 4.61. The third-order valence-corrected chi connectivity index (χ3v) is 4.61. The average Bonchev–Trinajstić information content (AvgIpc) is 2.95. The predicted octanol–water partition coefficient (Wildman–Crippen LogP) is 1.98. The lowest BCUT2D eigenvalue weighted by Gasteiger charge is -2.39. The van der Waals surface area contributed by atoms with Gasteiger partial charge in [0.05, 0.1) is 12.7 Å². The number of rotatable bonds is 4. The van der Waals surface area contributed by atoms with Crippen molar-refractivity contribution in [3.8, 4) is 0 Å². The van der Waals surface area contributed by atoms with Crippen molar-refractivity contribution in [2.45, 2.75) is 37.3 Å². The summed E-state index contributed by atoms with van der Waals surface area (Å²) in [5.74, 6) is 0.445. The lowest BCUT2D eigenvalue weighted by atomic mass is 9.97. The zero-order valence-corrected chi connectivity index (χ0v) is 11.5. The fraction of sp³-hybridized carbons (Fsp3) is 0.625. The van der Waals surface area contributed by atoms with Crippen LogP contribution >= 0.6 is 0 Å². The van der Waals surface area contributed by atoms with Gasteiger partial charge in [-0.2, -0.15) is 0 Å². The van der Waals surface area contributed by atoms with Crippen LogP contribution in [0.3, 0.4) is 0 Å². The van der Waals surface area contributed by atoms with E-state index >= 15 is 0 Å². The Balaban J connectivity index is 1.68. The Hall–Kier alpha value is -0.900. The minimum atomic E-state index is 0.445. The summed E-state index contributed by atoms with van der Waals surface area (Å²) in [5, 5.41) is 0. The molecule has 2 N–H and O–H groups in total.